The zero-order valence-electron chi connectivity index (χ0n) is 10.6. The van der Waals surface area contributed by atoms with Gasteiger partial charge in [-0.25, -0.2) is 0 Å². The van der Waals surface area contributed by atoms with Crippen molar-refractivity contribution in [2.24, 2.45) is 0 Å². The Labute approximate surface area is 132 Å². The van der Waals surface area contributed by atoms with Crippen molar-refractivity contribution in [3.8, 4) is 5.75 Å². The molecule has 0 aliphatic carbocycles. The van der Waals surface area contributed by atoms with Crippen molar-refractivity contribution < 1.29 is 14.6 Å². The van der Waals surface area contributed by atoms with Crippen LogP contribution in [0.1, 0.15) is 12.8 Å². The second-order valence-electron chi connectivity index (χ2n) is 4.55. The Bertz CT molecular complexity index is 510. The number of carbonyl (C=O) groups excluding carboxylic acids is 1. The lowest BCUT2D eigenvalue weighted by molar-refractivity contribution is -0.134. The van der Waals surface area contributed by atoms with Gasteiger partial charge in [0.2, 0.25) is 0 Å². The van der Waals surface area contributed by atoms with Crippen LogP contribution < -0.4 is 4.74 Å². The monoisotopic (exact) mass is 337 g/mol. The maximum absolute atomic E-state index is 12.0. The molecule has 0 saturated carbocycles. The number of halogens is 3. The number of hydrogen-bond acceptors (Lipinski definition) is 3. The van der Waals surface area contributed by atoms with E-state index in [4.69, 9.17) is 39.5 Å². The highest BCUT2D eigenvalue weighted by atomic mass is 35.5. The number of amides is 1. The summed E-state index contributed by atoms with van der Waals surface area (Å²) in [6, 6.07) is 2.83. The van der Waals surface area contributed by atoms with E-state index in [2.05, 4.69) is 0 Å². The van der Waals surface area contributed by atoms with Crippen molar-refractivity contribution in [1.82, 2.24) is 4.90 Å². The Morgan fingerprint density at radius 1 is 1.30 bits per heavy atom. The normalized spacial score (nSPS) is 18.4. The third kappa shape index (κ3) is 3.50. The number of aliphatic hydroxyl groups is 1. The number of carbonyl (C=O) groups is 1. The van der Waals surface area contributed by atoms with Crippen molar-refractivity contribution in [3.63, 3.8) is 0 Å². The summed E-state index contributed by atoms with van der Waals surface area (Å²) in [5.41, 5.74) is 0. The lowest BCUT2D eigenvalue weighted by Gasteiger charge is -2.23. The van der Waals surface area contributed by atoms with E-state index in [-0.39, 0.29) is 25.2 Å². The predicted molar refractivity (Wildman–Crippen MR) is 78.8 cm³/mol. The van der Waals surface area contributed by atoms with Gasteiger partial charge >= 0.3 is 0 Å². The molecule has 1 aromatic carbocycles. The smallest absolute Gasteiger partial charge is 0.260 e. The summed E-state index contributed by atoms with van der Waals surface area (Å²) in [7, 11) is 0. The van der Waals surface area contributed by atoms with Crippen LogP contribution in [0.2, 0.25) is 15.1 Å². The molecule has 0 aromatic heterocycles. The first-order valence-electron chi connectivity index (χ1n) is 6.20. The molecule has 1 N–H and O–H groups in total. The fourth-order valence-electron chi connectivity index (χ4n) is 2.19. The number of hydrogen-bond donors (Lipinski definition) is 1. The number of nitrogens with zero attached hydrogens (tertiary/aromatic N) is 1. The molecule has 1 saturated heterocycles. The number of benzene rings is 1. The third-order valence-corrected chi connectivity index (χ3v) is 4.25. The molecule has 1 heterocycles. The topological polar surface area (TPSA) is 49.8 Å². The van der Waals surface area contributed by atoms with Gasteiger partial charge in [0.25, 0.3) is 5.91 Å². The standard InChI is InChI=1S/C13H14Cl3NO3/c14-9-4-11(16)12(5-10(9)15)20-7-13(19)17-3-1-2-8(17)6-18/h4-5,8,18H,1-3,6-7H2/t8-/m0/s1. The lowest BCUT2D eigenvalue weighted by Crippen LogP contribution is -2.40. The summed E-state index contributed by atoms with van der Waals surface area (Å²) < 4.78 is 5.39. The van der Waals surface area contributed by atoms with E-state index in [9.17, 15) is 9.90 Å². The summed E-state index contributed by atoms with van der Waals surface area (Å²) >= 11 is 17.7. The van der Waals surface area contributed by atoms with Crippen LogP contribution in [-0.4, -0.2) is 41.7 Å². The molecule has 110 valence electrons. The fraction of sp³-hybridized carbons (Fsp3) is 0.462. The lowest BCUT2D eigenvalue weighted by atomic mass is 10.2. The highest BCUT2D eigenvalue weighted by Gasteiger charge is 2.28. The van der Waals surface area contributed by atoms with Gasteiger partial charge in [0, 0.05) is 12.6 Å². The second-order valence-corrected chi connectivity index (χ2v) is 5.77. The van der Waals surface area contributed by atoms with Crippen LogP contribution in [0.4, 0.5) is 0 Å². The van der Waals surface area contributed by atoms with E-state index in [0.717, 1.165) is 12.8 Å². The first-order chi connectivity index (χ1) is 9.52. The summed E-state index contributed by atoms with van der Waals surface area (Å²) in [4.78, 5) is 13.7. The molecule has 0 radical (unpaired) electrons. The quantitative estimate of drug-likeness (QED) is 0.859. The largest absolute Gasteiger partial charge is 0.482 e. The van der Waals surface area contributed by atoms with Gasteiger partial charge < -0.3 is 14.7 Å². The van der Waals surface area contributed by atoms with Crippen molar-refractivity contribution in [2.75, 3.05) is 19.8 Å². The number of aliphatic hydroxyl groups excluding tert-OH is 1. The molecule has 0 bridgehead atoms. The van der Waals surface area contributed by atoms with Crippen molar-refractivity contribution in [3.05, 3.63) is 27.2 Å². The first-order valence-corrected chi connectivity index (χ1v) is 7.34. The van der Waals surface area contributed by atoms with Crippen LogP contribution in [0.3, 0.4) is 0 Å². The van der Waals surface area contributed by atoms with E-state index >= 15 is 0 Å². The van der Waals surface area contributed by atoms with Crippen LogP contribution in [0.25, 0.3) is 0 Å². The highest BCUT2D eigenvalue weighted by molar-refractivity contribution is 6.43. The zero-order valence-corrected chi connectivity index (χ0v) is 12.9. The Morgan fingerprint density at radius 3 is 2.70 bits per heavy atom. The first kappa shape index (κ1) is 15.7. The molecule has 1 aromatic rings. The van der Waals surface area contributed by atoms with Crippen molar-refractivity contribution in [1.29, 1.82) is 0 Å². The molecule has 1 atom stereocenters. The van der Waals surface area contributed by atoms with E-state index in [0.29, 0.717) is 27.4 Å². The third-order valence-electron chi connectivity index (χ3n) is 3.23. The SMILES string of the molecule is O=C(COc1cc(Cl)c(Cl)cc1Cl)N1CCC[C@H]1CO. The molecule has 20 heavy (non-hydrogen) atoms. The van der Waals surface area contributed by atoms with E-state index < -0.39 is 0 Å². The molecule has 0 unspecified atom stereocenters. The van der Waals surface area contributed by atoms with Crippen LogP contribution in [0, 0.1) is 0 Å². The van der Waals surface area contributed by atoms with Gasteiger partial charge in [-0.1, -0.05) is 34.8 Å². The average molecular weight is 339 g/mol. The average Bonchev–Trinajstić information content (AvgIpc) is 2.89. The minimum atomic E-state index is -0.177. The molecular weight excluding hydrogens is 325 g/mol. The highest BCUT2D eigenvalue weighted by Crippen LogP contribution is 2.33. The number of ether oxygens (including phenoxy) is 1. The molecule has 2 rings (SSSR count). The fourth-order valence-corrected chi connectivity index (χ4v) is 2.78. The van der Waals surface area contributed by atoms with Gasteiger partial charge in [-0.3, -0.25) is 4.79 Å². The van der Waals surface area contributed by atoms with E-state index in [1.807, 2.05) is 0 Å². The Kier molecular flexibility index (Phi) is 5.38. The Balaban J connectivity index is 1.98. The van der Waals surface area contributed by atoms with Crippen LogP contribution in [0.15, 0.2) is 12.1 Å². The van der Waals surface area contributed by atoms with E-state index in [1.54, 1.807) is 4.90 Å². The summed E-state index contributed by atoms with van der Waals surface area (Å²) in [5, 5.41) is 10.1. The Hall–Kier alpha value is -0.680. The molecule has 1 fully saturated rings. The van der Waals surface area contributed by atoms with Crippen LogP contribution in [-0.2, 0) is 4.79 Å². The predicted octanol–water partition coefficient (Wildman–Crippen LogP) is 3.01. The number of rotatable bonds is 4. The molecule has 0 spiro atoms. The minimum absolute atomic E-state index is 0.0285. The number of likely N-dealkylation sites (tertiary alicyclic amines) is 1. The molecule has 4 nitrogen and oxygen atoms in total. The van der Waals surface area contributed by atoms with Gasteiger partial charge in [0.15, 0.2) is 6.61 Å². The Morgan fingerprint density at radius 2 is 2.00 bits per heavy atom. The zero-order chi connectivity index (χ0) is 14.7. The van der Waals surface area contributed by atoms with Crippen LogP contribution in [0.5, 0.6) is 5.75 Å². The second kappa shape index (κ2) is 6.85. The van der Waals surface area contributed by atoms with Crippen molar-refractivity contribution in [2.45, 2.75) is 18.9 Å². The molecule has 1 amide bonds. The van der Waals surface area contributed by atoms with Gasteiger partial charge in [0.1, 0.15) is 5.75 Å². The summed E-state index contributed by atoms with van der Waals surface area (Å²) in [5.74, 6) is 0.137. The molecule has 1 aliphatic heterocycles. The summed E-state index contributed by atoms with van der Waals surface area (Å²) in [6.07, 6.45) is 1.71. The molecule has 1 aliphatic rings. The minimum Gasteiger partial charge on any atom is -0.482 e. The van der Waals surface area contributed by atoms with Gasteiger partial charge in [-0.05, 0) is 18.9 Å². The van der Waals surface area contributed by atoms with Crippen LogP contribution >= 0.6 is 34.8 Å². The van der Waals surface area contributed by atoms with Gasteiger partial charge in [-0.2, -0.15) is 0 Å². The summed E-state index contributed by atoms with van der Waals surface area (Å²) in [6.45, 7) is 0.468. The van der Waals surface area contributed by atoms with Gasteiger partial charge in [-0.15, -0.1) is 0 Å². The maximum atomic E-state index is 12.0. The van der Waals surface area contributed by atoms with Crippen molar-refractivity contribution >= 4 is 40.7 Å². The molecular formula is C13H14Cl3NO3. The van der Waals surface area contributed by atoms with E-state index in [1.165, 1.54) is 12.1 Å². The van der Waals surface area contributed by atoms with Gasteiger partial charge in [0.05, 0.1) is 27.7 Å². The maximum Gasteiger partial charge on any atom is 0.260 e. The molecule has 7 heteroatoms.